The van der Waals surface area contributed by atoms with E-state index in [2.05, 4.69) is 6.92 Å². The zero-order valence-corrected chi connectivity index (χ0v) is 20.1. The number of hydrogen-bond acceptors (Lipinski definition) is 3. The van der Waals surface area contributed by atoms with Crippen molar-refractivity contribution in [1.82, 2.24) is 0 Å². The summed E-state index contributed by atoms with van der Waals surface area (Å²) in [7, 11) is 0. The molecule has 0 saturated heterocycles. The van der Waals surface area contributed by atoms with Crippen LogP contribution in [-0.4, -0.2) is 37.8 Å². The summed E-state index contributed by atoms with van der Waals surface area (Å²) >= 11 is 1.68. The molecule has 0 heterocycles. The third kappa shape index (κ3) is 17.0. The maximum absolute atomic E-state index is 8.54. The average molecular weight is 500 g/mol. The van der Waals surface area contributed by atoms with Crippen LogP contribution in [0, 0.1) is 0 Å². The quantitative estimate of drug-likeness (QED) is 0.437. The molecule has 0 amide bonds. The molecule has 3 radical (unpaired) electrons. The molecule has 0 saturated carbocycles. The number of hydrogen-bond donors (Lipinski definition) is 3. The minimum Gasteiger partial charge on any atom is -0.392 e. The Balaban J connectivity index is 0.000000367. The van der Waals surface area contributed by atoms with Crippen LogP contribution in [0.25, 0.3) is 0 Å². The number of aliphatic hydroxyl groups is 3. The maximum Gasteiger partial charge on any atom is 0.0681 e. The van der Waals surface area contributed by atoms with Crippen LogP contribution in [0.1, 0.15) is 36.5 Å². The van der Waals surface area contributed by atoms with Crippen molar-refractivity contribution in [3.63, 3.8) is 0 Å². The molecule has 0 bridgehead atoms. The largest absolute Gasteiger partial charge is 0.392 e. The van der Waals surface area contributed by atoms with Crippen LogP contribution in [0.5, 0.6) is 0 Å². The SMILES string of the molecule is CCC[CH2][Sn].OCc1ccccc1.OCc1ccccc1.OCc1ccccc1. The number of unbranched alkanes of at least 4 members (excludes halogenated alkanes) is 1. The zero-order valence-electron chi connectivity index (χ0n) is 17.2. The van der Waals surface area contributed by atoms with Gasteiger partial charge >= 0.3 is 46.7 Å². The van der Waals surface area contributed by atoms with Crippen LogP contribution in [0.4, 0.5) is 0 Å². The molecule has 3 rings (SSSR count). The molecule has 0 spiro atoms. The minimum absolute atomic E-state index is 0.140. The Morgan fingerprint density at radius 3 is 0.931 bits per heavy atom. The molecular formula is C25H33O3Sn. The summed E-state index contributed by atoms with van der Waals surface area (Å²) in [5.41, 5.74) is 2.90. The third-order valence-corrected chi connectivity index (χ3v) is 4.62. The Kier molecular flexibility index (Phi) is 19.9. The standard InChI is InChI=1S/3C7H8O.C4H9.Sn/c3*8-6-7-4-2-1-3-5-7;1-3-4-2;/h3*1-5,8H,6H2;1,3-4H2,2H3;. The molecule has 3 aromatic rings. The van der Waals surface area contributed by atoms with Crippen molar-refractivity contribution in [3.05, 3.63) is 108 Å². The van der Waals surface area contributed by atoms with Crippen LogP contribution in [0.3, 0.4) is 0 Å². The molecule has 3 aromatic carbocycles. The number of rotatable bonds is 5. The summed E-state index contributed by atoms with van der Waals surface area (Å²) in [5, 5.41) is 25.6. The van der Waals surface area contributed by atoms with Gasteiger partial charge in [0.05, 0.1) is 19.8 Å². The summed E-state index contributed by atoms with van der Waals surface area (Å²) in [6, 6.07) is 28.6. The van der Waals surface area contributed by atoms with Crippen LogP contribution < -0.4 is 0 Å². The molecule has 29 heavy (non-hydrogen) atoms. The number of benzene rings is 3. The molecular weight excluding hydrogens is 467 g/mol. The van der Waals surface area contributed by atoms with Crippen molar-refractivity contribution in [2.24, 2.45) is 0 Å². The predicted molar refractivity (Wildman–Crippen MR) is 123 cm³/mol. The molecule has 3 N–H and O–H groups in total. The van der Waals surface area contributed by atoms with Gasteiger partial charge in [0.2, 0.25) is 0 Å². The van der Waals surface area contributed by atoms with Crippen molar-refractivity contribution >= 4 is 22.5 Å². The van der Waals surface area contributed by atoms with Gasteiger partial charge in [-0.2, -0.15) is 0 Å². The smallest absolute Gasteiger partial charge is 0.0681 e. The molecule has 0 aliphatic carbocycles. The summed E-state index contributed by atoms with van der Waals surface area (Å²) in [4.78, 5) is 0. The minimum atomic E-state index is 0.140. The monoisotopic (exact) mass is 501 g/mol. The first-order valence-corrected chi connectivity index (χ1v) is 11.8. The van der Waals surface area contributed by atoms with Gasteiger partial charge in [-0.15, -0.1) is 0 Å². The van der Waals surface area contributed by atoms with Crippen LogP contribution >= 0.6 is 0 Å². The summed E-state index contributed by atoms with van der Waals surface area (Å²) in [6.45, 7) is 2.65. The molecule has 0 atom stereocenters. The van der Waals surface area contributed by atoms with E-state index < -0.39 is 0 Å². The summed E-state index contributed by atoms with van der Waals surface area (Å²) in [5.74, 6) is 0. The fourth-order valence-corrected chi connectivity index (χ4v) is 2.94. The van der Waals surface area contributed by atoms with Crippen LogP contribution in [0.15, 0.2) is 91.0 Å². The van der Waals surface area contributed by atoms with E-state index >= 15 is 0 Å². The number of aliphatic hydroxyl groups excluding tert-OH is 3. The topological polar surface area (TPSA) is 60.7 Å². The first kappa shape index (κ1) is 27.3. The van der Waals surface area contributed by atoms with E-state index in [0.717, 1.165) is 16.7 Å². The van der Waals surface area contributed by atoms with E-state index in [1.54, 1.807) is 22.5 Å². The van der Waals surface area contributed by atoms with Crippen LogP contribution in [0.2, 0.25) is 4.44 Å². The van der Waals surface area contributed by atoms with Gasteiger partial charge in [-0.05, 0) is 16.7 Å². The van der Waals surface area contributed by atoms with Crippen molar-refractivity contribution in [2.75, 3.05) is 0 Å². The van der Waals surface area contributed by atoms with Gasteiger partial charge in [0, 0.05) is 0 Å². The second-order valence-electron chi connectivity index (χ2n) is 6.03. The first-order valence-electron chi connectivity index (χ1n) is 9.80. The van der Waals surface area contributed by atoms with Crippen molar-refractivity contribution in [2.45, 2.75) is 44.0 Å². The van der Waals surface area contributed by atoms with E-state index in [9.17, 15) is 0 Å². The summed E-state index contributed by atoms with van der Waals surface area (Å²) in [6.07, 6.45) is 2.80. The predicted octanol–water partition coefficient (Wildman–Crippen LogP) is 4.91. The second kappa shape index (κ2) is 21.1. The summed E-state index contributed by atoms with van der Waals surface area (Å²) < 4.78 is 1.43. The van der Waals surface area contributed by atoms with Crippen LogP contribution in [-0.2, 0) is 19.8 Å². The van der Waals surface area contributed by atoms with E-state index in [4.69, 9.17) is 15.3 Å². The van der Waals surface area contributed by atoms with Gasteiger partial charge < -0.3 is 15.3 Å². The van der Waals surface area contributed by atoms with Crippen molar-refractivity contribution in [1.29, 1.82) is 0 Å². The van der Waals surface area contributed by atoms with E-state index in [0.29, 0.717) is 0 Å². The Labute approximate surface area is 189 Å². The maximum atomic E-state index is 8.54. The molecule has 4 heteroatoms. The van der Waals surface area contributed by atoms with E-state index in [-0.39, 0.29) is 19.8 Å². The van der Waals surface area contributed by atoms with Gasteiger partial charge in [-0.25, -0.2) is 0 Å². The third-order valence-electron chi connectivity index (χ3n) is 3.61. The first-order chi connectivity index (χ1) is 14.2. The Morgan fingerprint density at radius 2 is 0.828 bits per heavy atom. The Morgan fingerprint density at radius 1 is 0.552 bits per heavy atom. The molecule has 0 aromatic heterocycles. The van der Waals surface area contributed by atoms with Gasteiger partial charge in [0.25, 0.3) is 0 Å². The Bertz CT molecular complexity index is 580. The van der Waals surface area contributed by atoms with E-state index in [1.807, 2.05) is 91.0 Å². The Hall–Kier alpha value is -1.66. The van der Waals surface area contributed by atoms with Crippen molar-refractivity contribution in [3.8, 4) is 0 Å². The fourth-order valence-electron chi connectivity index (χ4n) is 1.93. The molecule has 3 nitrogen and oxygen atoms in total. The van der Waals surface area contributed by atoms with E-state index in [1.165, 1.54) is 17.3 Å². The molecule has 0 aliphatic heterocycles. The van der Waals surface area contributed by atoms with Crippen molar-refractivity contribution < 1.29 is 15.3 Å². The van der Waals surface area contributed by atoms with Gasteiger partial charge in [-0.3, -0.25) is 0 Å². The molecule has 0 aliphatic rings. The van der Waals surface area contributed by atoms with Gasteiger partial charge in [0.1, 0.15) is 0 Å². The average Bonchev–Trinajstić information content (AvgIpc) is 2.82. The zero-order chi connectivity index (χ0) is 21.6. The van der Waals surface area contributed by atoms with Gasteiger partial charge in [0.15, 0.2) is 0 Å². The molecule has 0 unspecified atom stereocenters. The normalized spacial score (nSPS) is 9.00. The molecule has 155 valence electrons. The fraction of sp³-hybridized carbons (Fsp3) is 0.280. The molecule has 0 fully saturated rings. The van der Waals surface area contributed by atoms with Gasteiger partial charge in [-0.1, -0.05) is 91.0 Å². The second-order valence-corrected chi connectivity index (χ2v) is 7.46.